The number of carbonyl (C=O) groups is 2. The maximum Gasteiger partial charge on any atom is 0.273 e. The van der Waals surface area contributed by atoms with Crippen molar-refractivity contribution in [1.29, 1.82) is 0 Å². The average molecular weight is 557 g/mol. The van der Waals surface area contributed by atoms with Crippen LogP contribution in [0.3, 0.4) is 0 Å². The van der Waals surface area contributed by atoms with Crippen molar-refractivity contribution in [1.82, 2.24) is 10.3 Å². The largest absolute Gasteiger partial charge is 0.392 e. The monoisotopic (exact) mass is 556 g/mol. The van der Waals surface area contributed by atoms with Gasteiger partial charge in [-0.2, -0.15) is 5.10 Å². The van der Waals surface area contributed by atoms with Gasteiger partial charge in [0.25, 0.3) is 11.8 Å². The SMILES string of the molecule is CC(O)CN(Cc1cccc(C(=O)Nc2cc3ccccc3cc2C(=O)N/N=C/c2cccc(F)c2)c1)CC(C)O. The standard InChI is InChI=1S/C32H33FN4O4/c1-21(38)18-37(19-22(2)39)20-24-8-5-11-27(13-24)31(40)35-30-16-26-10-4-3-9-25(26)15-29(30)32(41)36-34-17-23-7-6-12-28(33)14-23/h3-17,21-22,38-39H,18-20H2,1-2H3,(H,35,40)(H,36,41)/b34-17+. The molecule has 4 N–H and O–H groups in total. The number of fused-ring (bicyclic) bond motifs is 1. The third kappa shape index (κ3) is 8.52. The first kappa shape index (κ1) is 29.5. The molecule has 2 amide bonds. The lowest BCUT2D eigenvalue weighted by atomic mass is 10.0. The number of nitrogens with one attached hydrogen (secondary N) is 2. The van der Waals surface area contributed by atoms with Crippen molar-refractivity contribution in [3.63, 3.8) is 0 Å². The summed E-state index contributed by atoms with van der Waals surface area (Å²) in [5, 5.41) is 28.2. The third-order valence-corrected chi connectivity index (χ3v) is 6.25. The quantitative estimate of drug-likeness (QED) is 0.160. The summed E-state index contributed by atoms with van der Waals surface area (Å²) in [7, 11) is 0. The van der Waals surface area contributed by atoms with E-state index in [4.69, 9.17) is 0 Å². The first-order chi connectivity index (χ1) is 19.7. The van der Waals surface area contributed by atoms with Gasteiger partial charge in [-0.3, -0.25) is 14.5 Å². The minimum atomic E-state index is -0.573. The van der Waals surface area contributed by atoms with Crippen molar-refractivity contribution in [2.45, 2.75) is 32.6 Å². The number of halogens is 1. The Kier molecular flexibility index (Phi) is 9.91. The van der Waals surface area contributed by atoms with Crippen LogP contribution in [0.4, 0.5) is 10.1 Å². The molecule has 212 valence electrons. The average Bonchev–Trinajstić information content (AvgIpc) is 2.92. The Bertz CT molecular complexity index is 1540. The molecule has 0 spiro atoms. The van der Waals surface area contributed by atoms with Crippen LogP contribution >= 0.6 is 0 Å². The summed E-state index contributed by atoms with van der Waals surface area (Å²) in [5.74, 6) is -1.36. The van der Waals surface area contributed by atoms with Gasteiger partial charge in [0.05, 0.1) is 29.7 Å². The summed E-state index contributed by atoms with van der Waals surface area (Å²) in [5.41, 5.74) is 4.69. The fourth-order valence-electron chi connectivity index (χ4n) is 4.56. The molecule has 4 rings (SSSR count). The van der Waals surface area contributed by atoms with Gasteiger partial charge in [0.2, 0.25) is 0 Å². The summed E-state index contributed by atoms with van der Waals surface area (Å²) in [6.45, 7) is 4.55. The Balaban J connectivity index is 1.56. The predicted octanol–water partition coefficient (Wildman–Crippen LogP) is 4.56. The van der Waals surface area contributed by atoms with Gasteiger partial charge in [0.15, 0.2) is 0 Å². The maximum atomic E-state index is 13.5. The van der Waals surface area contributed by atoms with Gasteiger partial charge in [-0.1, -0.05) is 48.5 Å². The number of aliphatic hydroxyl groups is 2. The summed E-state index contributed by atoms with van der Waals surface area (Å²) < 4.78 is 13.5. The molecule has 2 atom stereocenters. The summed E-state index contributed by atoms with van der Waals surface area (Å²) >= 11 is 0. The molecule has 8 nitrogen and oxygen atoms in total. The molecule has 4 aromatic rings. The Morgan fingerprint density at radius 2 is 1.56 bits per heavy atom. The van der Waals surface area contributed by atoms with E-state index < -0.39 is 29.8 Å². The number of benzene rings is 4. The Morgan fingerprint density at radius 3 is 2.24 bits per heavy atom. The van der Waals surface area contributed by atoms with Crippen LogP contribution in [0.15, 0.2) is 90.0 Å². The zero-order valence-electron chi connectivity index (χ0n) is 22.9. The van der Waals surface area contributed by atoms with Crippen LogP contribution in [0.2, 0.25) is 0 Å². The molecule has 41 heavy (non-hydrogen) atoms. The van der Waals surface area contributed by atoms with Crippen LogP contribution in [0, 0.1) is 5.82 Å². The smallest absolute Gasteiger partial charge is 0.273 e. The molecule has 4 aromatic carbocycles. The molecule has 0 aliphatic rings. The molecule has 0 radical (unpaired) electrons. The second kappa shape index (κ2) is 13.8. The Labute approximate surface area is 238 Å². The van der Waals surface area contributed by atoms with Crippen LogP contribution < -0.4 is 10.7 Å². The van der Waals surface area contributed by atoms with Crippen molar-refractivity contribution in [3.8, 4) is 0 Å². The van der Waals surface area contributed by atoms with Gasteiger partial charge < -0.3 is 15.5 Å². The third-order valence-electron chi connectivity index (χ3n) is 6.25. The van der Waals surface area contributed by atoms with Gasteiger partial charge in [0, 0.05) is 25.2 Å². The van der Waals surface area contributed by atoms with Gasteiger partial charge in [-0.15, -0.1) is 0 Å². The zero-order chi connectivity index (χ0) is 29.4. The van der Waals surface area contributed by atoms with Crippen LogP contribution in [0.25, 0.3) is 10.8 Å². The van der Waals surface area contributed by atoms with E-state index >= 15 is 0 Å². The van der Waals surface area contributed by atoms with Crippen molar-refractivity contribution in [2.24, 2.45) is 5.10 Å². The minimum absolute atomic E-state index is 0.213. The lowest BCUT2D eigenvalue weighted by Gasteiger charge is -2.25. The molecule has 0 heterocycles. The van der Waals surface area contributed by atoms with Crippen LogP contribution in [-0.4, -0.2) is 58.4 Å². The minimum Gasteiger partial charge on any atom is -0.392 e. The molecule has 0 aliphatic carbocycles. The van der Waals surface area contributed by atoms with Gasteiger partial charge >= 0.3 is 0 Å². The first-order valence-electron chi connectivity index (χ1n) is 13.3. The molecule has 0 saturated heterocycles. The summed E-state index contributed by atoms with van der Waals surface area (Å²) in [4.78, 5) is 28.4. The number of amides is 2. The predicted molar refractivity (Wildman–Crippen MR) is 158 cm³/mol. The fraction of sp³-hybridized carbons (Fsp3) is 0.219. The van der Waals surface area contributed by atoms with Gasteiger partial charge in [0.1, 0.15) is 5.82 Å². The molecule has 2 unspecified atom stereocenters. The number of hydrogen-bond acceptors (Lipinski definition) is 6. The zero-order valence-corrected chi connectivity index (χ0v) is 22.9. The second-order valence-electron chi connectivity index (χ2n) is 10.0. The van der Waals surface area contributed by atoms with E-state index in [1.807, 2.05) is 35.2 Å². The molecule has 0 aliphatic heterocycles. The number of nitrogens with zero attached hydrogens (tertiary/aromatic N) is 2. The van der Waals surface area contributed by atoms with Crippen LogP contribution in [0.1, 0.15) is 45.7 Å². The van der Waals surface area contributed by atoms with E-state index in [0.29, 0.717) is 36.4 Å². The number of rotatable bonds is 11. The van der Waals surface area contributed by atoms with E-state index in [1.54, 1.807) is 56.3 Å². The van der Waals surface area contributed by atoms with Crippen LogP contribution in [0.5, 0.6) is 0 Å². The lowest BCUT2D eigenvalue weighted by molar-refractivity contribution is 0.0793. The molecule has 0 bridgehead atoms. The molecule has 0 saturated carbocycles. The lowest BCUT2D eigenvalue weighted by Crippen LogP contribution is -2.35. The van der Waals surface area contributed by atoms with E-state index in [9.17, 15) is 24.2 Å². The van der Waals surface area contributed by atoms with E-state index in [1.165, 1.54) is 18.3 Å². The highest BCUT2D eigenvalue weighted by atomic mass is 19.1. The summed E-state index contributed by atoms with van der Waals surface area (Å²) in [6.07, 6.45) is 0.191. The highest BCUT2D eigenvalue weighted by Gasteiger charge is 2.17. The van der Waals surface area contributed by atoms with Crippen molar-refractivity contribution >= 4 is 34.5 Å². The van der Waals surface area contributed by atoms with E-state index in [0.717, 1.165) is 16.3 Å². The number of aliphatic hydroxyl groups excluding tert-OH is 2. The Morgan fingerprint density at radius 1 is 0.878 bits per heavy atom. The second-order valence-corrected chi connectivity index (χ2v) is 10.0. The number of hydrazone groups is 1. The van der Waals surface area contributed by atoms with Gasteiger partial charge in [-0.25, -0.2) is 9.82 Å². The fourth-order valence-corrected chi connectivity index (χ4v) is 4.56. The van der Waals surface area contributed by atoms with E-state index in [-0.39, 0.29) is 5.56 Å². The van der Waals surface area contributed by atoms with Crippen molar-refractivity contribution in [3.05, 3.63) is 113 Å². The van der Waals surface area contributed by atoms with E-state index in [2.05, 4.69) is 15.8 Å². The highest BCUT2D eigenvalue weighted by Crippen LogP contribution is 2.25. The maximum absolute atomic E-state index is 13.5. The van der Waals surface area contributed by atoms with Crippen molar-refractivity contribution < 1.29 is 24.2 Å². The summed E-state index contributed by atoms with van der Waals surface area (Å²) in [6, 6.07) is 23.8. The molecular weight excluding hydrogens is 523 g/mol. The Hall–Kier alpha value is -4.44. The first-order valence-corrected chi connectivity index (χ1v) is 13.3. The normalized spacial score (nSPS) is 12.9. The number of anilines is 1. The van der Waals surface area contributed by atoms with Crippen molar-refractivity contribution in [2.75, 3.05) is 18.4 Å². The molecular formula is C32H33FN4O4. The number of hydrogen-bond donors (Lipinski definition) is 4. The molecule has 0 fully saturated rings. The highest BCUT2D eigenvalue weighted by molar-refractivity contribution is 6.11. The van der Waals surface area contributed by atoms with Crippen LogP contribution in [-0.2, 0) is 6.54 Å². The van der Waals surface area contributed by atoms with Gasteiger partial charge in [-0.05, 0) is 72.1 Å². The topological polar surface area (TPSA) is 114 Å². The molecule has 0 aromatic heterocycles. The molecule has 9 heteroatoms. The number of carbonyl (C=O) groups excluding carboxylic acids is 2.